The SMILES string of the molecule is CC(C)(C)C(NC(=O)O)C(=O)NC1c2ccccc2CC1O. The van der Waals surface area contributed by atoms with Gasteiger partial charge in [0, 0.05) is 6.42 Å². The molecule has 6 heteroatoms. The summed E-state index contributed by atoms with van der Waals surface area (Å²) in [6.07, 6.45) is -1.47. The summed E-state index contributed by atoms with van der Waals surface area (Å²) in [5, 5.41) is 24.1. The van der Waals surface area contributed by atoms with Gasteiger partial charge < -0.3 is 20.8 Å². The number of aliphatic hydroxyl groups excluding tert-OH is 1. The lowest BCUT2D eigenvalue weighted by Crippen LogP contribution is -2.54. The van der Waals surface area contributed by atoms with Crippen LogP contribution in [0.15, 0.2) is 24.3 Å². The molecule has 2 rings (SSSR count). The van der Waals surface area contributed by atoms with Crippen LogP contribution in [0.5, 0.6) is 0 Å². The Labute approximate surface area is 129 Å². The third-order valence-corrected chi connectivity index (χ3v) is 3.90. The Morgan fingerprint density at radius 2 is 1.91 bits per heavy atom. The van der Waals surface area contributed by atoms with Crippen molar-refractivity contribution in [3.8, 4) is 0 Å². The van der Waals surface area contributed by atoms with Gasteiger partial charge in [-0.15, -0.1) is 0 Å². The van der Waals surface area contributed by atoms with E-state index in [2.05, 4.69) is 10.6 Å². The summed E-state index contributed by atoms with van der Waals surface area (Å²) in [5.41, 5.74) is 1.30. The van der Waals surface area contributed by atoms with E-state index in [0.717, 1.165) is 11.1 Å². The molecular formula is C16H22N2O4. The Morgan fingerprint density at radius 1 is 1.27 bits per heavy atom. The Kier molecular flexibility index (Phi) is 4.42. The molecule has 1 aromatic carbocycles. The van der Waals surface area contributed by atoms with E-state index in [1.807, 2.05) is 24.3 Å². The second-order valence-corrected chi connectivity index (χ2v) is 6.71. The van der Waals surface area contributed by atoms with Crippen LogP contribution in [0, 0.1) is 5.41 Å². The molecule has 1 aliphatic rings. The quantitative estimate of drug-likeness (QED) is 0.679. The van der Waals surface area contributed by atoms with Crippen molar-refractivity contribution in [2.45, 2.75) is 45.4 Å². The molecule has 22 heavy (non-hydrogen) atoms. The lowest BCUT2D eigenvalue weighted by molar-refractivity contribution is -0.127. The molecule has 0 spiro atoms. The predicted molar refractivity (Wildman–Crippen MR) is 81.4 cm³/mol. The van der Waals surface area contributed by atoms with Crippen LogP contribution < -0.4 is 10.6 Å². The summed E-state index contributed by atoms with van der Waals surface area (Å²) in [6.45, 7) is 5.35. The largest absolute Gasteiger partial charge is 0.465 e. The van der Waals surface area contributed by atoms with Crippen LogP contribution in [-0.4, -0.2) is 34.4 Å². The van der Waals surface area contributed by atoms with Crippen LogP contribution in [-0.2, 0) is 11.2 Å². The molecule has 0 heterocycles. The van der Waals surface area contributed by atoms with Gasteiger partial charge in [-0.05, 0) is 16.5 Å². The topological polar surface area (TPSA) is 98.7 Å². The van der Waals surface area contributed by atoms with Crippen LogP contribution in [0.3, 0.4) is 0 Å². The van der Waals surface area contributed by atoms with Crippen LogP contribution in [0.1, 0.15) is 37.9 Å². The van der Waals surface area contributed by atoms with Crippen molar-refractivity contribution in [1.29, 1.82) is 0 Å². The smallest absolute Gasteiger partial charge is 0.405 e. The van der Waals surface area contributed by atoms with E-state index >= 15 is 0 Å². The average molecular weight is 306 g/mol. The maximum Gasteiger partial charge on any atom is 0.405 e. The molecule has 0 fully saturated rings. The van der Waals surface area contributed by atoms with E-state index in [1.165, 1.54) is 0 Å². The Hall–Kier alpha value is -2.08. The highest BCUT2D eigenvalue weighted by Gasteiger charge is 2.37. The van der Waals surface area contributed by atoms with E-state index < -0.39 is 35.6 Å². The first-order chi connectivity index (χ1) is 10.2. The van der Waals surface area contributed by atoms with Crippen molar-refractivity contribution in [3.05, 3.63) is 35.4 Å². The third kappa shape index (κ3) is 3.39. The van der Waals surface area contributed by atoms with Crippen LogP contribution >= 0.6 is 0 Å². The molecule has 0 aliphatic heterocycles. The number of nitrogens with one attached hydrogen (secondary N) is 2. The van der Waals surface area contributed by atoms with Gasteiger partial charge in [0.2, 0.25) is 5.91 Å². The molecule has 0 aromatic heterocycles. The molecule has 3 atom stereocenters. The zero-order valence-corrected chi connectivity index (χ0v) is 13.0. The van der Waals surface area contributed by atoms with Gasteiger partial charge in [0.25, 0.3) is 0 Å². The molecule has 1 aliphatic carbocycles. The van der Waals surface area contributed by atoms with E-state index in [9.17, 15) is 14.7 Å². The number of carbonyl (C=O) groups excluding carboxylic acids is 1. The zero-order valence-electron chi connectivity index (χ0n) is 13.0. The molecule has 6 nitrogen and oxygen atoms in total. The molecule has 0 saturated heterocycles. The average Bonchev–Trinajstić information content (AvgIpc) is 2.71. The minimum absolute atomic E-state index is 0.435. The number of fused-ring (bicyclic) bond motifs is 1. The molecule has 0 radical (unpaired) electrons. The van der Waals surface area contributed by atoms with Gasteiger partial charge in [0.15, 0.2) is 0 Å². The fourth-order valence-corrected chi connectivity index (χ4v) is 2.78. The summed E-state index contributed by atoms with van der Waals surface area (Å²) < 4.78 is 0. The molecule has 0 saturated carbocycles. The summed E-state index contributed by atoms with van der Waals surface area (Å²) in [4.78, 5) is 23.4. The van der Waals surface area contributed by atoms with E-state index in [1.54, 1.807) is 20.8 Å². The predicted octanol–water partition coefficient (Wildman–Crippen LogP) is 1.44. The van der Waals surface area contributed by atoms with Crippen molar-refractivity contribution in [2.24, 2.45) is 5.41 Å². The van der Waals surface area contributed by atoms with Gasteiger partial charge in [-0.2, -0.15) is 0 Å². The molecule has 120 valence electrons. The second-order valence-electron chi connectivity index (χ2n) is 6.71. The fourth-order valence-electron chi connectivity index (χ4n) is 2.78. The van der Waals surface area contributed by atoms with Crippen LogP contribution in [0.25, 0.3) is 0 Å². The Morgan fingerprint density at radius 3 is 2.50 bits per heavy atom. The van der Waals surface area contributed by atoms with Crippen molar-refractivity contribution >= 4 is 12.0 Å². The number of carbonyl (C=O) groups is 2. The number of hydrogen-bond donors (Lipinski definition) is 4. The standard InChI is InChI=1S/C16H22N2O4/c1-16(2,3)13(18-15(21)22)14(20)17-12-10-7-5-4-6-9(10)8-11(12)19/h4-7,11-13,18-19H,8H2,1-3H3,(H,17,20)(H,21,22). The minimum atomic E-state index is -1.25. The van der Waals surface area contributed by atoms with Gasteiger partial charge in [-0.25, -0.2) is 4.79 Å². The third-order valence-electron chi connectivity index (χ3n) is 3.90. The normalized spacial score (nSPS) is 21.8. The second kappa shape index (κ2) is 5.96. The lowest BCUT2D eigenvalue weighted by atomic mass is 9.86. The maximum atomic E-state index is 12.5. The molecule has 0 bridgehead atoms. The van der Waals surface area contributed by atoms with Crippen LogP contribution in [0.4, 0.5) is 4.79 Å². The number of hydrogen-bond acceptors (Lipinski definition) is 3. The first-order valence-electron chi connectivity index (χ1n) is 7.26. The van der Waals surface area contributed by atoms with E-state index in [4.69, 9.17) is 5.11 Å². The summed E-state index contributed by atoms with van der Waals surface area (Å²) >= 11 is 0. The van der Waals surface area contributed by atoms with Crippen molar-refractivity contribution < 1.29 is 19.8 Å². The minimum Gasteiger partial charge on any atom is -0.465 e. The summed E-state index contributed by atoms with van der Waals surface area (Å²) in [5.74, 6) is -0.435. The maximum absolute atomic E-state index is 12.5. The molecule has 4 N–H and O–H groups in total. The highest BCUT2D eigenvalue weighted by atomic mass is 16.4. The highest BCUT2D eigenvalue weighted by Crippen LogP contribution is 2.31. The van der Waals surface area contributed by atoms with Gasteiger partial charge in [-0.1, -0.05) is 45.0 Å². The van der Waals surface area contributed by atoms with Gasteiger partial charge >= 0.3 is 6.09 Å². The zero-order chi connectivity index (χ0) is 16.5. The van der Waals surface area contributed by atoms with Crippen molar-refractivity contribution in [1.82, 2.24) is 10.6 Å². The lowest BCUT2D eigenvalue weighted by Gasteiger charge is -2.31. The van der Waals surface area contributed by atoms with Crippen molar-refractivity contribution in [2.75, 3.05) is 0 Å². The molecule has 3 unspecified atom stereocenters. The fraction of sp³-hybridized carbons (Fsp3) is 0.500. The molecule has 2 amide bonds. The monoisotopic (exact) mass is 306 g/mol. The van der Waals surface area contributed by atoms with E-state index in [-0.39, 0.29) is 0 Å². The first-order valence-corrected chi connectivity index (χ1v) is 7.26. The number of carboxylic acid groups (broad SMARTS) is 1. The van der Waals surface area contributed by atoms with Crippen molar-refractivity contribution in [3.63, 3.8) is 0 Å². The number of benzene rings is 1. The number of rotatable bonds is 3. The first kappa shape index (κ1) is 16.3. The Bertz CT molecular complexity index is 580. The van der Waals surface area contributed by atoms with Crippen LogP contribution in [0.2, 0.25) is 0 Å². The molecule has 1 aromatic rings. The summed E-state index contributed by atoms with van der Waals surface area (Å²) in [6, 6.07) is 6.12. The highest BCUT2D eigenvalue weighted by molar-refractivity contribution is 5.86. The number of aliphatic hydroxyl groups is 1. The Balaban J connectivity index is 2.18. The van der Waals surface area contributed by atoms with Gasteiger partial charge in [0.05, 0.1) is 12.1 Å². The van der Waals surface area contributed by atoms with Gasteiger partial charge in [0.1, 0.15) is 6.04 Å². The molecular weight excluding hydrogens is 284 g/mol. The summed E-state index contributed by atoms with van der Waals surface area (Å²) in [7, 11) is 0. The number of amides is 2. The van der Waals surface area contributed by atoms with E-state index in [0.29, 0.717) is 6.42 Å². The van der Waals surface area contributed by atoms with Gasteiger partial charge in [-0.3, -0.25) is 4.79 Å².